The maximum Gasteiger partial charge on any atom is 0.172 e. The van der Waals surface area contributed by atoms with Gasteiger partial charge in [0.25, 0.3) is 0 Å². The fourth-order valence-corrected chi connectivity index (χ4v) is 6.35. The highest BCUT2D eigenvalue weighted by molar-refractivity contribution is 7.99. The van der Waals surface area contributed by atoms with Crippen LogP contribution >= 0.6 is 23.4 Å². The molecule has 0 saturated carbocycles. The second-order valence-electron chi connectivity index (χ2n) is 10.3. The molecule has 0 bridgehead atoms. The molecule has 0 atom stereocenters. The molecule has 0 unspecified atom stereocenters. The lowest BCUT2D eigenvalue weighted by Gasteiger charge is -2.34. The Balaban J connectivity index is 1.27. The van der Waals surface area contributed by atoms with Crippen molar-refractivity contribution in [3.8, 4) is 17.3 Å². The molecule has 10 heteroatoms. The third-order valence-corrected chi connectivity index (χ3v) is 9.22. The van der Waals surface area contributed by atoms with Gasteiger partial charge in [0.15, 0.2) is 5.16 Å². The van der Waals surface area contributed by atoms with E-state index in [2.05, 4.69) is 56.3 Å². The number of piperazine rings is 1. The number of fused-ring (bicyclic) bond motifs is 1. The molecule has 0 aliphatic carbocycles. The topological polar surface area (TPSA) is 85.9 Å². The standard InChI is InChI=1S/C32H31ClN8S/c1-3-40-13-15-41(16-14-40)21-23-5-4-10-35-30(23)22-6-8-26-28(17-22)37-20-24(19-34)31(26)38-25-7-9-29(27(33)18-25)42-32-36-11-12-39(32)2/h4-12,17-18,20H,3,13-16,21H2,1-2H3,(H,37,38). The zero-order valence-corrected chi connectivity index (χ0v) is 25.2. The van der Waals surface area contributed by atoms with Crippen molar-refractivity contribution in [1.82, 2.24) is 29.3 Å². The molecular weight excluding hydrogens is 564 g/mol. The van der Waals surface area contributed by atoms with Gasteiger partial charge in [-0.2, -0.15) is 5.26 Å². The molecular formula is C32H31ClN8S. The molecule has 3 aromatic heterocycles. The van der Waals surface area contributed by atoms with Crippen LogP contribution in [-0.4, -0.2) is 62.0 Å². The Morgan fingerprint density at radius 2 is 1.83 bits per heavy atom. The van der Waals surface area contributed by atoms with E-state index in [4.69, 9.17) is 16.6 Å². The number of aryl methyl sites for hydroxylation is 1. The monoisotopic (exact) mass is 594 g/mol. The molecule has 1 aliphatic heterocycles. The quantitative estimate of drug-likeness (QED) is 0.215. The van der Waals surface area contributed by atoms with Crippen molar-refractivity contribution in [2.24, 2.45) is 7.05 Å². The number of likely N-dealkylation sites (N-methyl/N-ethyl adjacent to an activating group) is 1. The van der Waals surface area contributed by atoms with Crippen molar-refractivity contribution in [3.63, 3.8) is 0 Å². The van der Waals surface area contributed by atoms with Crippen molar-refractivity contribution >= 4 is 45.6 Å². The molecule has 5 aromatic rings. The lowest BCUT2D eigenvalue weighted by atomic mass is 10.0. The van der Waals surface area contributed by atoms with Crippen LogP contribution in [0.5, 0.6) is 0 Å². The maximum atomic E-state index is 9.89. The first-order valence-corrected chi connectivity index (χ1v) is 15.2. The summed E-state index contributed by atoms with van der Waals surface area (Å²) >= 11 is 8.16. The molecule has 8 nitrogen and oxygen atoms in total. The molecule has 0 spiro atoms. The van der Waals surface area contributed by atoms with Gasteiger partial charge in [-0.25, -0.2) is 4.98 Å². The fraction of sp³-hybridized carbons (Fsp3) is 0.250. The minimum absolute atomic E-state index is 0.461. The molecule has 42 heavy (non-hydrogen) atoms. The van der Waals surface area contributed by atoms with Crippen molar-refractivity contribution in [1.29, 1.82) is 5.26 Å². The number of aromatic nitrogens is 4. The van der Waals surface area contributed by atoms with Crippen LogP contribution in [0.3, 0.4) is 0 Å². The zero-order chi connectivity index (χ0) is 29.1. The third kappa shape index (κ3) is 5.98. The van der Waals surface area contributed by atoms with E-state index in [0.29, 0.717) is 16.3 Å². The Morgan fingerprint density at radius 1 is 1.00 bits per heavy atom. The number of pyridine rings is 2. The first-order valence-electron chi connectivity index (χ1n) is 14.0. The Labute approximate surface area is 255 Å². The van der Waals surface area contributed by atoms with Crippen LogP contribution in [0, 0.1) is 11.3 Å². The molecule has 0 amide bonds. The van der Waals surface area contributed by atoms with E-state index in [0.717, 1.165) is 77.2 Å². The molecule has 6 rings (SSSR count). The number of nitrogens with zero attached hydrogens (tertiary/aromatic N) is 7. The largest absolute Gasteiger partial charge is 0.354 e. The summed E-state index contributed by atoms with van der Waals surface area (Å²) in [5.74, 6) is 0. The highest BCUT2D eigenvalue weighted by atomic mass is 35.5. The molecule has 2 aromatic carbocycles. The first-order chi connectivity index (χ1) is 20.5. The molecule has 1 saturated heterocycles. The lowest BCUT2D eigenvalue weighted by Crippen LogP contribution is -2.45. The zero-order valence-electron chi connectivity index (χ0n) is 23.6. The molecule has 212 valence electrons. The number of benzene rings is 2. The second kappa shape index (κ2) is 12.5. The SMILES string of the molecule is CCN1CCN(Cc2cccnc2-c2ccc3c(Nc4ccc(Sc5nccn5C)c(Cl)c4)c(C#N)cnc3c2)CC1. The summed E-state index contributed by atoms with van der Waals surface area (Å²) in [6, 6.07) is 18.4. The Bertz CT molecular complexity index is 1770. The Kier molecular flexibility index (Phi) is 8.40. The van der Waals surface area contributed by atoms with Crippen LogP contribution in [-0.2, 0) is 13.6 Å². The van der Waals surface area contributed by atoms with Crippen molar-refractivity contribution in [2.75, 3.05) is 38.0 Å². The van der Waals surface area contributed by atoms with Crippen LogP contribution in [0.15, 0.2) is 83.4 Å². The van der Waals surface area contributed by atoms with E-state index < -0.39 is 0 Å². The first kappa shape index (κ1) is 28.2. The van der Waals surface area contributed by atoms with E-state index in [1.807, 2.05) is 54.3 Å². The minimum atomic E-state index is 0.461. The van der Waals surface area contributed by atoms with E-state index in [9.17, 15) is 5.26 Å². The number of imidazole rings is 1. The van der Waals surface area contributed by atoms with Crippen LogP contribution in [0.1, 0.15) is 18.1 Å². The molecule has 0 radical (unpaired) electrons. The van der Waals surface area contributed by atoms with Gasteiger partial charge >= 0.3 is 0 Å². The van der Waals surface area contributed by atoms with E-state index in [1.165, 1.54) is 17.3 Å². The predicted molar refractivity (Wildman–Crippen MR) is 169 cm³/mol. The summed E-state index contributed by atoms with van der Waals surface area (Å²) in [4.78, 5) is 19.7. The summed E-state index contributed by atoms with van der Waals surface area (Å²) in [7, 11) is 1.95. The summed E-state index contributed by atoms with van der Waals surface area (Å²) in [6.45, 7) is 8.49. The number of halogens is 1. The number of nitriles is 1. The van der Waals surface area contributed by atoms with E-state index >= 15 is 0 Å². The van der Waals surface area contributed by atoms with Gasteiger partial charge in [0.05, 0.1) is 27.5 Å². The maximum absolute atomic E-state index is 9.89. The molecule has 1 fully saturated rings. The summed E-state index contributed by atoms with van der Waals surface area (Å²) in [6.07, 6.45) is 7.13. The molecule has 4 heterocycles. The average Bonchev–Trinajstić information content (AvgIpc) is 3.43. The van der Waals surface area contributed by atoms with Crippen LogP contribution in [0.25, 0.3) is 22.2 Å². The number of rotatable bonds is 8. The second-order valence-corrected chi connectivity index (χ2v) is 11.7. The minimum Gasteiger partial charge on any atom is -0.354 e. The molecule has 1 N–H and O–H groups in total. The van der Waals surface area contributed by atoms with Gasteiger partial charge in [-0.05, 0) is 48.5 Å². The van der Waals surface area contributed by atoms with E-state index in [1.54, 1.807) is 12.4 Å². The third-order valence-electron chi connectivity index (χ3n) is 7.64. The van der Waals surface area contributed by atoms with Crippen molar-refractivity contribution in [3.05, 3.63) is 89.5 Å². The smallest absolute Gasteiger partial charge is 0.172 e. The molecule has 1 aliphatic rings. The normalized spacial score (nSPS) is 14.2. The summed E-state index contributed by atoms with van der Waals surface area (Å²) < 4.78 is 1.95. The van der Waals surface area contributed by atoms with Crippen LogP contribution in [0.4, 0.5) is 11.4 Å². The Hall–Kier alpha value is -3.94. The lowest BCUT2D eigenvalue weighted by molar-refractivity contribution is 0.132. The predicted octanol–water partition coefficient (Wildman–Crippen LogP) is 6.59. The van der Waals surface area contributed by atoms with Crippen LogP contribution in [0.2, 0.25) is 5.02 Å². The highest BCUT2D eigenvalue weighted by Gasteiger charge is 2.18. The number of hydrogen-bond donors (Lipinski definition) is 1. The van der Waals surface area contributed by atoms with Gasteiger partial charge in [-0.15, -0.1) is 0 Å². The fourth-order valence-electron chi connectivity index (χ4n) is 5.25. The van der Waals surface area contributed by atoms with Gasteiger partial charge in [-0.1, -0.05) is 42.4 Å². The van der Waals surface area contributed by atoms with Crippen molar-refractivity contribution < 1.29 is 0 Å². The average molecular weight is 595 g/mol. The van der Waals surface area contributed by atoms with Gasteiger partial charge in [0.1, 0.15) is 6.07 Å². The summed E-state index contributed by atoms with van der Waals surface area (Å²) in [5.41, 5.74) is 5.90. The van der Waals surface area contributed by atoms with E-state index in [-0.39, 0.29) is 0 Å². The number of nitrogens with one attached hydrogen (secondary N) is 1. The highest BCUT2D eigenvalue weighted by Crippen LogP contribution is 2.37. The van der Waals surface area contributed by atoms with Gasteiger partial charge in [0.2, 0.25) is 0 Å². The Morgan fingerprint density at radius 3 is 2.57 bits per heavy atom. The van der Waals surface area contributed by atoms with Crippen molar-refractivity contribution in [2.45, 2.75) is 23.5 Å². The summed E-state index contributed by atoms with van der Waals surface area (Å²) in [5, 5.41) is 15.6. The number of anilines is 2. The van der Waals surface area contributed by atoms with Gasteiger partial charge < -0.3 is 14.8 Å². The van der Waals surface area contributed by atoms with Gasteiger partial charge in [-0.3, -0.25) is 14.9 Å². The van der Waals surface area contributed by atoms with Gasteiger partial charge in [0, 0.05) is 86.1 Å². The number of hydrogen-bond acceptors (Lipinski definition) is 8. The van der Waals surface area contributed by atoms with Crippen LogP contribution < -0.4 is 5.32 Å².